The van der Waals surface area contributed by atoms with Gasteiger partial charge in [0.25, 0.3) is 0 Å². The standard InChI is InChI=1S/C17H14N8O2.C17H12N8O2.4C2H6/c2*26-14-4-2-10-11(19-8-21-15(10)23-14)3-1-9-5-12(25-27-9)17-22-13-6-18-7-20-16(13)24-17;4*1-2/h5-8H,1-4H2,(H,18,20,22,24)(H,19,21,23,26);2,4-8H,1,3H2,(H,18,20,22,24)(H,19,21,23,26);4*1-2H3. The Labute approximate surface area is 356 Å². The van der Waals surface area contributed by atoms with Crippen LogP contribution in [-0.2, 0) is 36.9 Å². The number of amides is 1. The summed E-state index contributed by atoms with van der Waals surface area (Å²) >= 11 is 0. The van der Waals surface area contributed by atoms with Gasteiger partial charge in [-0.15, -0.1) is 0 Å². The highest BCUT2D eigenvalue weighted by Gasteiger charge is 2.20. The smallest absolute Gasteiger partial charge is 0.249 e. The molecule has 0 aromatic carbocycles. The molecule has 0 spiro atoms. The third-order valence-corrected chi connectivity index (χ3v) is 8.65. The van der Waals surface area contributed by atoms with E-state index in [4.69, 9.17) is 9.05 Å². The molecule has 0 atom stereocenters. The van der Waals surface area contributed by atoms with Gasteiger partial charge in [-0.05, 0) is 25.3 Å². The van der Waals surface area contributed by atoms with Gasteiger partial charge in [0.1, 0.15) is 70.7 Å². The number of nitrogens with one attached hydrogen (secondary N) is 4. The van der Waals surface area contributed by atoms with Crippen molar-refractivity contribution < 1.29 is 13.8 Å². The van der Waals surface area contributed by atoms with E-state index in [9.17, 15) is 9.59 Å². The van der Waals surface area contributed by atoms with E-state index < -0.39 is 0 Å². The summed E-state index contributed by atoms with van der Waals surface area (Å²) in [6.07, 6.45) is 12.7. The Balaban J connectivity index is 0.000000202. The summed E-state index contributed by atoms with van der Waals surface area (Å²) in [6.45, 7) is 16.0. The highest BCUT2D eigenvalue weighted by molar-refractivity contribution is 5.92. The van der Waals surface area contributed by atoms with Gasteiger partial charge in [-0.1, -0.05) is 65.7 Å². The summed E-state index contributed by atoms with van der Waals surface area (Å²) in [5.74, 6) is 3.19. The van der Waals surface area contributed by atoms with Gasteiger partial charge in [-0.25, -0.2) is 49.8 Å². The number of hydrogen-bond acceptors (Lipinski definition) is 16. The first-order chi connectivity index (χ1) is 30.5. The Bertz CT molecular complexity index is 2790. The third kappa shape index (κ3) is 10.9. The summed E-state index contributed by atoms with van der Waals surface area (Å²) < 4.78 is 10.9. The van der Waals surface area contributed by atoms with Crippen LogP contribution in [0.25, 0.3) is 56.4 Å². The van der Waals surface area contributed by atoms with Gasteiger partial charge in [0, 0.05) is 54.1 Å². The second kappa shape index (κ2) is 22.7. The number of hydrogen-bond donors (Lipinski definition) is 4. The van der Waals surface area contributed by atoms with Gasteiger partial charge in [-0.2, -0.15) is 0 Å². The van der Waals surface area contributed by atoms with Crippen LogP contribution in [0.2, 0.25) is 0 Å². The maximum Gasteiger partial charge on any atom is 0.249 e. The van der Waals surface area contributed by atoms with Crippen LogP contribution in [0.4, 0.5) is 5.82 Å². The quantitative estimate of drug-likeness (QED) is 0.120. The minimum Gasteiger partial charge on any atom is -0.361 e. The minimum absolute atomic E-state index is 0.0115. The first kappa shape index (κ1) is 45.4. The van der Waals surface area contributed by atoms with Gasteiger partial charge in [-0.3, -0.25) is 9.59 Å². The van der Waals surface area contributed by atoms with Crippen LogP contribution in [0.5, 0.6) is 0 Å². The van der Waals surface area contributed by atoms with Crippen LogP contribution in [0.15, 0.2) is 75.8 Å². The van der Waals surface area contributed by atoms with Crippen molar-refractivity contribution in [1.82, 2.24) is 75.1 Å². The zero-order valence-electron chi connectivity index (χ0n) is 36.0. The molecule has 0 bridgehead atoms. The molecule has 1 aliphatic heterocycles. The highest BCUT2D eigenvalue weighted by atomic mass is 16.5. The summed E-state index contributed by atoms with van der Waals surface area (Å²) in [4.78, 5) is 73.7. The molecule has 9 aromatic rings. The molecule has 20 heteroatoms. The average Bonchev–Trinajstić information content (AvgIpc) is 4.17. The number of H-pyrrole nitrogens is 3. The number of carbonyl (C=O) groups is 1. The van der Waals surface area contributed by atoms with Crippen molar-refractivity contribution in [2.75, 3.05) is 5.32 Å². The number of aromatic nitrogens is 15. The Hall–Kier alpha value is -7.64. The molecule has 322 valence electrons. The molecule has 0 aliphatic carbocycles. The van der Waals surface area contributed by atoms with Crippen molar-refractivity contribution in [3.63, 3.8) is 0 Å². The first-order valence-corrected chi connectivity index (χ1v) is 20.7. The molecule has 9 aromatic heterocycles. The van der Waals surface area contributed by atoms with Crippen LogP contribution in [-0.4, -0.2) is 81.0 Å². The van der Waals surface area contributed by atoms with Crippen molar-refractivity contribution in [2.45, 2.75) is 93.9 Å². The number of aromatic amines is 3. The number of nitrogens with zero attached hydrogens (tertiary/aromatic N) is 12. The van der Waals surface area contributed by atoms with Gasteiger partial charge < -0.3 is 29.3 Å². The van der Waals surface area contributed by atoms with E-state index in [2.05, 4.69) is 80.4 Å². The Morgan fingerprint density at radius 3 is 1.71 bits per heavy atom. The summed E-state index contributed by atoms with van der Waals surface area (Å²) in [5, 5.41) is 11.8. The predicted molar refractivity (Wildman–Crippen MR) is 234 cm³/mol. The van der Waals surface area contributed by atoms with Gasteiger partial charge in [0.05, 0.1) is 18.1 Å². The summed E-state index contributed by atoms with van der Waals surface area (Å²) in [6, 6.07) is 6.87. The molecule has 0 saturated heterocycles. The Kier molecular flexibility index (Phi) is 16.6. The van der Waals surface area contributed by atoms with Gasteiger partial charge in [0.2, 0.25) is 11.5 Å². The lowest BCUT2D eigenvalue weighted by Crippen LogP contribution is -2.22. The van der Waals surface area contributed by atoms with Crippen molar-refractivity contribution in [2.24, 2.45) is 0 Å². The van der Waals surface area contributed by atoms with E-state index in [1.807, 2.05) is 67.5 Å². The fraction of sp³-hybridized carbons (Fsp3) is 0.333. The minimum atomic E-state index is -0.192. The third-order valence-electron chi connectivity index (χ3n) is 8.65. The van der Waals surface area contributed by atoms with Gasteiger partial charge in [0.15, 0.2) is 22.9 Å². The second-order valence-corrected chi connectivity index (χ2v) is 12.1. The zero-order chi connectivity index (χ0) is 44.4. The van der Waals surface area contributed by atoms with Crippen LogP contribution in [0, 0.1) is 0 Å². The van der Waals surface area contributed by atoms with E-state index in [1.54, 1.807) is 18.5 Å². The van der Waals surface area contributed by atoms with E-state index in [-0.39, 0.29) is 11.5 Å². The molecule has 1 aliphatic rings. The molecule has 0 fully saturated rings. The molecule has 4 N–H and O–H groups in total. The number of pyridine rings is 1. The molecular formula is C42H50N16O4. The number of imidazole rings is 2. The maximum atomic E-state index is 11.5. The molecule has 0 unspecified atom stereocenters. The molecule has 10 heterocycles. The highest BCUT2D eigenvalue weighted by Crippen LogP contribution is 2.25. The first-order valence-electron chi connectivity index (χ1n) is 20.7. The molecule has 62 heavy (non-hydrogen) atoms. The van der Waals surface area contributed by atoms with Crippen LogP contribution in [0.3, 0.4) is 0 Å². The number of rotatable bonds is 8. The molecular weight excluding hydrogens is 793 g/mol. The Morgan fingerprint density at radius 1 is 0.581 bits per heavy atom. The average molecular weight is 843 g/mol. The number of anilines is 1. The van der Waals surface area contributed by atoms with Crippen LogP contribution < -0.4 is 10.9 Å². The normalized spacial score (nSPS) is 11.3. The molecule has 0 saturated carbocycles. The fourth-order valence-electron chi connectivity index (χ4n) is 6.03. The predicted octanol–water partition coefficient (Wildman–Crippen LogP) is 7.00. The lowest BCUT2D eigenvalue weighted by atomic mass is 10.0. The van der Waals surface area contributed by atoms with Crippen molar-refractivity contribution >= 4 is 45.1 Å². The largest absolute Gasteiger partial charge is 0.361 e. The maximum absolute atomic E-state index is 11.5. The lowest BCUT2D eigenvalue weighted by molar-refractivity contribution is -0.116. The number of carbonyl (C=O) groups excluding carboxylic acids is 1. The monoisotopic (exact) mass is 842 g/mol. The Morgan fingerprint density at radius 2 is 1.13 bits per heavy atom. The van der Waals surface area contributed by atoms with E-state index in [0.717, 1.165) is 39.1 Å². The fourth-order valence-corrected chi connectivity index (χ4v) is 6.03. The second-order valence-electron chi connectivity index (χ2n) is 12.1. The molecule has 0 radical (unpaired) electrons. The van der Waals surface area contributed by atoms with Gasteiger partial charge >= 0.3 is 0 Å². The van der Waals surface area contributed by atoms with Crippen LogP contribution in [0.1, 0.15) is 90.3 Å². The van der Waals surface area contributed by atoms with Crippen molar-refractivity contribution in [3.05, 3.63) is 101 Å². The van der Waals surface area contributed by atoms with E-state index >= 15 is 0 Å². The molecule has 20 nitrogen and oxygen atoms in total. The number of aryl methyl sites for hydroxylation is 4. The van der Waals surface area contributed by atoms with Crippen LogP contribution >= 0.6 is 0 Å². The SMILES string of the molecule is CC.CC.CC.CC.O=C1CCc2c(CCc3cc(-c4nc5ncncc5[nH]4)no3)ncnc2N1.O=c1ccc2c(CCc3cc(-c4nc5ncncc5[nH]4)no3)ncnc2[nH]1. The molecule has 1 amide bonds. The lowest BCUT2D eigenvalue weighted by Gasteiger charge is -2.17. The zero-order valence-corrected chi connectivity index (χ0v) is 36.0. The van der Waals surface area contributed by atoms with E-state index in [1.165, 1.54) is 31.4 Å². The summed E-state index contributed by atoms with van der Waals surface area (Å²) in [7, 11) is 0. The van der Waals surface area contributed by atoms with Crippen molar-refractivity contribution in [3.8, 4) is 23.0 Å². The van der Waals surface area contributed by atoms with E-state index in [0.29, 0.717) is 90.1 Å². The van der Waals surface area contributed by atoms with Crippen molar-refractivity contribution in [1.29, 1.82) is 0 Å². The topological polar surface area (TPSA) is 274 Å². The number of fused-ring (bicyclic) bond motifs is 4. The summed E-state index contributed by atoms with van der Waals surface area (Å²) in [5.41, 5.74) is 6.91. The molecule has 10 rings (SSSR count).